The highest BCUT2D eigenvalue weighted by Crippen LogP contribution is 2.31. The number of hydrogen-bond acceptors (Lipinski definition) is 7. The van der Waals surface area contributed by atoms with E-state index in [1.165, 1.54) is 0 Å². The fourth-order valence-electron chi connectivity index (χ4n) is 3.50. The van der Waals surface area contributed by atoms with Gasteiger partial charge in [0.15, 0.2) is 0 Å². The van der Waals surface area contributed by atoms with E-state index in [0.29, 0.717) is 32.3 Å². The Labute approximate surface area is 157 Å². The van der Waals surface area contributed by atoms with Crippen LogP contribution in [0.1, 0.15) is 39.0 Å². The van der Waals surface area contributed by atoms with Gasteiger partial charge in [0.2, 0.25) is 0 Å². The van der Waals surface area contributed by atoms with Crippen molar-refractivity contribution in [2.45, 2.75) is 62.8 Å². The SMILES string of the molecule is CCOC(=O)[C@H]1CC[C@H](OC[C@@H]2C[C@@H](OS(=O)(=O)C(F)(F)F)CN2C)CC1. The van der Waals surface area contributed by atoms with Gasteiger partial charge in [-0.3, -0.25) is 13.9 Å². The van der Waals surface area contributed by atoms with Crippen LogP contribution in [0, 0.1) is 5.92 Å². The molecule has 0 aromatic rings. The molecular formula is C16H26F3NO6S. The average molecular weight is 417 g/mol. The highest BCUT2D eigenvalue weighted by atomic mass is 32.2. The third kappa shape index (κ3) is 6.03. The molecule has 1 saturated carbocycles. The van der Waals surface area contributed by atoms with Crippen molar-refractivity contribution in [2.24, 2.45) is 5.92 Å². The van der Waals surface area contributed by atoms with E-state index in [9.17, 15) is 26.4 Å². The van der Waals surface area contributed by atoms with Crippen LogP contribution in [0.3, 0.4) is 0 Å². The van der Waals surface area contributed by atoms with Crippen molar-refractivity contribution in [2.75, 3.05) is 26.8 Å². The van der Waals surface area contributed by atoms with Gasteiger partial charge in [-0.25, -0.2) is 0 Å². The molecule has 1 aliphatic heterocycles. The summed E-state index contributed by atoms with van der Waals surface area (Å²) in [5, 5.41) is 0. The molecule has 27 heavy (non-hydrogen) atoms. The van der Waals surface area contributed by atoms with E-state index in [1.807, 2.05) is 0 Å². The van der Waals surface area contributed by atoms with Crippen LogP contribution in [0.25, 0.3) is 0 Å². The molecule has 1 aliphatic carbocycles. The summed E-state index contributed by atoms with van der Waals surface area (Å²) < 4.78 is 74.7. The zero-order valence-corrected chi connectivity index (χ0v) is 16.2. The summed E-state index contributed by atoms with van der Waals surface area (Å²) in [6.07, 6.45) is 1.85. The van der Waals surface area contributed by atoms with Crippen molar-refractivity contribution in [3.8, 4) is 0 Å². The molecule has 2 rings (SSSR count). The van der Waals surface area contributed by atoms with Gasteiger partial charge in [0.25, 0.3) is 0 Å². The van der Waals surface area contributed by atoms with Crippen molar-refractivity contribution < 1.29 is 40.0 Å². The molecule has 158 valence electrons. The minimum absolute atomic E-state index is 0.0250. The molecular weight excluding hydrogens is 391 g/mol. The molecule has 0 bridgehead atoms. The zero-order chi connectivity index (χ0) is 20.2. The van der Waals surface area contributed by atoms with E-state index in [4.69, 9.17) is 9.47 Å². The molecule has 0 spiro atoms. The van der Waals surface area contributed by atoms with Crippen LogP contribution < -0.4 is 0 Å². The highest BCUT2D eigenvalue weighted by Gasteiger charge is 2.49. The predicted molar refractivity (Wildman–Crippen MR) is 89.2 cm³/mol. The van der Waals surface area contributed by atoms with E-state index in [1.54, 1.807) is 18.9 Å². The molecule has 1 heterocycles. The van der Waals surface area contributed by atoms with Crippen LogP contribution in [-0.2, 0) is 28.6 Å². The summed E-state index contributed by atoms with van der Waals surface area (Å²) in [4.78, 5) is 13.5. The first kappa shape index (κ1) is 22.4. The van der Waals surface area contributed by atoms with Gasteiger partial charge in [-0.15, -0.1) is 0 Å². The van der Waals surface area contributed by atoms with Gasteiger partial charge >= 0.3 is 21.6 Å². The second-order valence-corrected chi connectivity index (χ2v) is 8.57. The molecule has 0 N–H and O–H groups in total. The zero-order valence-electron chi connectivity index (χ0n) is 15.4. The summed E-state index contributed by atoms with van der Waals surface area (Å²) in [5.74, 6) is -0.290. The first-order chi connectivity index (χ1) is 12.5. The van der Waals surface area contributed by atoms with Crippen molar-refractivity contribution in [1.29, 1.82) is 0 Å². The monoisotopic (exact) mass is 417 g/mol. The molecule has 11 heteroatoms. The van der Waals surface area contributed by atoms with Crippen molar-refractivity contribution in [3.63, 3.8) is 0 Å². The summed E-state index contributed by atoms with van der Waals surface area (Å²) in [6.45, 7) is 2.48. The number of likely N-dealkylation sites (N-methyl/N-ethyl adjacent to an activating group) is 1. The lowest BCUT2D eigenvalue weighted by molar-refractivity contribution is -0.150. The fourth-order valence-corrected chi connectivity index (χ4v) is 4.11. The second-order valence-electron chi connectivity index (χ2n) is 7.01. The molecule has 0 unspecified atom stereocenters. The van der Waals surface area contributed by atoms with E-state index < -0.39 is 21.7 Å². The highest BCUT2D eigenvalue weighted by molar-refractivity contribution is 7.87. The summed E-state index contributed by atoms with van der Waals surface area (Å²) >= 11 is 0. The van der Waals surface area contributed by atoms with E-state index >= 15 is 0 Å². The quantitative estimate of drug-likeness (QED) is 0.356. The number of esters is 1. The van der Waals surface area contributed by atoms with E-state index in [2.05, 4.69) is 4.18 Å². The largest absolute Gasteiger partial charge is 0.523 e. The Hall–Kier alpha value is -0.910. The Kier molecular flexibility index (Phi) is 7.51. The normalized spacial score (nSPS) is 30.4. The molecule has 0 radical (unpaired) electrons. The minimum atomic E-state index is -5.59. The standard InChI is InChI=1S/C16H26F3NO6S/c1-3-24-15(21)11-4-6-13(7-5-11)25-10-12-8-14(9-20(12)2)26-27(22,23)16(17,18)19/h11-14H,3-10H2,1-2H3/t11-,12-,13-,14+/m0/s1. The number of hydrogen-bond donors (Lipinski definition) is 0. The van der Waals surface area contributed by atoms with Gasteiger partial charge in [-0.2, -0.15) is 21.6 Å². The van der Waals surface area contributed by atoms with E-state index in [0.717, 1.165) is 0 Å². The van der Waals surface area contributed by atoms with Gasteiger partial charge in [0, 0.05) is 12.6 Å². The first-order valence-corrected chi connectivity index (χ1v) is 10.4. The maximum absolute atomic E-state index is 12.4. The Morgan fingerprint density at radius 1 is 1.15 bits per heavy atom. The van der Waals surface area contributed by atoms with Gasteiger partial charge in [-0.1, -0.05) is 0 Å². The van der Waals surface area contributed by atoms with Gasteiger partial charge in [0.1, 0.15) is 0 Å². The van der Waals surface area contributed by atoms with Crippen LogP contribution in [-0.4, -0.2) is 69.9 Å². The lowest BCUT2D eigenvalue weighted by Crippen LogP contribution is -2.33. The number of carbonyl (C=O) groups is 1. The molecule has 1 saturated heterocycles. The van der Waals surface area contributed by atoms with Crippen LogP contribution in [0.5, 0.6) is 0 Å². The van der Waals surface area contributed by atoms with Crippen LogP contribution in [0.2, 0.25) is 0 Å². The summed E-state index contributed by atoms with van der Waals surface area (Å²) in [7, 11) is -3.90. The lowest BCUT2D eigenvalue weighted by atomic mass is 9.87. The smallest absolute Gasteiger partial charge is 0.466 e. The number of alkyl halides is 3. The van der Waals surface area contributed by atoms with Crippen LogP contribution in [0.15, 0.2) is 0 Å². The fraction of sp³-hybridized carbons (Fsp3) is 0.938. The Morgan fingerprint density at radius 2 is 1.78 bits per heavy atom. The summed E-state index contributed by atoms with van der Waals surface area (Å²) in [5.41, 5.74) is -5.42. The number of likely N-dealkylation sites (tertiary alicyclic amines) is 1. The topological polar surface area (TPSA) is 82.1 Å². The Bertz CT molecular complexity index is 604. The number of ether oxygens (including phenoxy) is 2. The molecule has 0 aromatic carbocycles. The number of halogens is 3. The minimum Gasteiger partial charge on any atom is -0.466 e. The molecule has 2 atom stereocenters. The number of nitrogens with zero attached hydrogens (tertiary/aromatic N) is 1. The third-order valence-corrected chi connectivity index (χ3v) is 6.11. The third-order valence-electron chi connectivity index (χ3n) is 5.01. The van der Waals surface area contributed by atoms with E-state index in [-0.39, 0.29) is 43.6 Å². The Morgan fingerprint density at radius 3 is 2.33 bits per heavy atom. The molecule has 7 nitrogen and oxygen atoms in total. The number of carbonyl (C=O) groups excluding carboxylic acids is 1. The maximum Gasteiger partial charge on any atom is 0.523 e. The van der Waals surface area contributed by atoms with Crippen LogP contribution >= 0.6 is 0 Å². The van der Waals surface area contributed by atoms with Gasteiger partial charge in [0.05, 0.1) is 31.3 Å². The molecule has 2 fully saturated rings. The maximum atomic E-state index is 12.4. The van der Waals surface area contributed by atoms with Crippen molar-refractivity contribution in [1.82, 2.24) is 4.90 Å². The molecule has 2 aliphatic rings. The Balaban J connectivity index is 1.75. The van der Waals surface area contributed by atoms with Crippen molar-refractivity contribution >= 4 is 16.1 Å². The summed E-state index contributed by atoms with van der Waals surface area (Å²) in [6, 6.07) is -0.221. The van der Waals surface area contributed by atoms with Crippen LogP contribution in [0.4, 0.5) is 13.2 Å². The second kappa shape index (κ2) is 9.06. The first-order valence-electron chi connectivity index (χ1n) is 9.01. The molecule has 0 aromatic heterocycles. The predicted octanol–water partition coefficient (Wildman–Crippen LogP) is 2.06. The molecule has 0 amide bonds. The number of rotatable bonds is 7. The average Bonchev–Trinajstić information content (AvgIpc) is 2.91. The lowest BCUT2D eigenvalue weighted by Gasteiger charge is -2.29. The van der Waals surface area contributed by atoms with Gasteiger partial charge < -0.3 is 9.47 Å². The van der Waals surface area contributed by atoms with Gasteiger partial charge in [-0.05, 0) is 46.1 Å². The van der Waals surface area contributed by atoms with Crippen molar-refractivity contribution in [3.05, 3.63) is 0 Å².